The second kappa shape index (κ2) is 6.62. The Bertz CT molecular complexity index is 317. The first kappa shape index (κ1) is 12.4. The zero-order valence-electron chi connectivity index (χ0n) is 10.4. The largest absolute Gasteiger partial charge is 0.497 e. The summed E-state index contributed by atoms with van der Waals surface area (Å²) in [5, 5.41) is 3.36. The van der Waals surface area contributed by atoms with Gasteiger partial charge in [0, 0.05) is 6.54 Å². The third-order valence-electron chi connectivity index (χ3n) is 3.16. The van der Waals surface area contributed by atoms with E-state index < -0.39 is 0 Å². The molecule has 1 saturated heterocycles. The molecule has 3 heteroatoms. The summed E-state index contributed by atoms with van der Waals surface area (Å²) in [5.41, 5.74) is 1.30. The van der Waals surface area contributed by atoms with Crippen LogP contribution in [0.2, 0.25) is 0 Å². The molecule has 2 rings (SSSR count). The van der Waals surface area contributed by atoms with Crippen molar-refractivity contribution >= 4 is 0 Å². The molecule has 0 bridgehead atoms. The Morgan fingerprint density at radius 1 is 1.29 bits per heavy atom. The maximum Gasteiger partial charge on any atom is 0.118 e. The number of nitrogens with one attached hydrogen (secondary N) is 1. The van der Waals surface area contributed by atoms with Crippen LogP contribution in [0.1, 0.15) is 18.4 Å². The van der Waals surface area contributed by atoms with Crippen LogP contribution in [0.4, 0.5) is 0 Å². The minimum atomic E-state index is 0.405. The molecule has 1 heterocycles. The van der Waals surface area contributed by atoms with Gasteiger partial charge < -0.3 is 14.8 Å². The number of piperidine rings is 1. The standard InChI is InChI=1S/C14H21NO2/c1-16-13-6-4-12(5-7-13)8-10-17-14-3-2-9-15-11-14/h4-7,14-15H,2-3,8-11H2,1H3. The Morgan fingerprint density at radius 2 is 2.12 bits per heavy atom. The van der Waals surface area contributed by atoms with Crippen LogP contribution in [0, 0.1) is 0 Å². The number of rotatable bonds is 5. The molecule has 3 nitrogen and oxygen atoms in total. The molecule has 0 aliphatic carbocycles. The fraction of sp³-hybridized carbons (Fsp3) is 0.571. The highest BCUT2D eigenvalue weighted by Gasteiger charge is 2.12. The van der Waals surface area contributed by atoms with E-state index in [1.165, 1.54) is 18.4 Å². The summed E-state index contributed by atoms with van der Waals surface area (Å²) in [4.78, 5) is 0. The predicted octanol–water partition coefficient (Wildman–Crippen LogP) is 2.01. The molecule has 0 saturated carbocycles. The van der Waals surface area contributed by atoms with Gasteiger partial charge in [-0.05, 0) is 43.5 Å². The van der Waals surface area contributed by atoms with E-state index in [1.54, 1.807) is 7.11 Å². The molecular formula is C14H21NO2. The third kappa shape index (κ3) is 4.02. The molecule has 17 heavy (non-hydrogen) atoms. The van der Waals surface area contributed by atoms with Crippen molar-refractivity contribution in [3.63, 3.8) is 0 Å². The Balaban J connectivity index is 1.69. The van der Waals surface area contributed by atoms with Gasteiger partial charge in [0.1, 0.15) is 5.75 Å². The van der Waals surface area contributed by atoms with Crippen LogP contribution >= 0.6 is 0 Å². The van der Waals surface area contributed by atoms with Crippen molar-refractivity contribution in [3.8, 4) is 5.75 Å². The van der Waals surface area contributed by atoms with Crippen molar-refractivity contribution in [1.29, 1.82) is 0 Å². The zero-order valence-corrected chi connectivity index (χ0v) is 10.4. The average molecular weight is 235 g/mol. The molecule has 1 aliphatic heterocycles. The minimum absolute atomic E-state index is 0.405. The minimum Gasteiger partial charge on any atom is -0.497 e. The molecule has 1 aliphatic rings. The van der Waals surface area contributed by atoms with Crippen LogP contribution < -0.4 is 10.1 Å². The maximum atomic E-state index is 5.85. The molecule has 0 radical (unpaired) electrons. The lowest BCUT2D eigenvalue weighted by Gasteiger charge is -2.23. The fourth-order valence-electron chi connectivity index (χ4n) is 2.10. The van der Waals surface area contributed by atoms with E-state index in [1.807, 2.05) is 12.1 Å². The highest BCUT2D eigenvalue weighted by Crippen LogP contribution is 2.12. The van der Waals surface area contributed by atoms with Crippen molar-refractivity contribution in [2.45, 2.75) is 25.4 Å². The van der Waals surface area contributed by atoms with Crippen molar-refractivity contribution < 1.29 is 9.47 Å². The Hall–Kier alpha value is -1.06. The molecule has 1 aromatic carbocycles. The Morgan fingerprint density at radius 3 is 2.76 bits per heavy atom. The van der Waals surface area contributed by atoms with Gasteiger partial charge in [0.25, 0.3) is 0 Å². The molecule has 1 fully saturated rings. The Labute approximate surface area is 103 Å². The zero-order chi connectivity index (χ0) is 11.9. The highest BCUT2D eigenvalue weighted by molar-refractivity contribution is 5.27. The van der Waals surface area contributed by atoms with Crippen LogP contribution in [0.3, 0.4) is 0 Å². The van der Waals surface area contributed by atoms with Crippen molar-refractivity contribution in [2.75, 3.05) is 26.8 Å². The topological polar surface area (TPSA) is 30.5 Å². The fourth-order valence-corrected chi connectivity index (χ4v) is 2.10. The summed E-state index contributed by atoms with van der Waals surface area (Å²) in [6.45, 7) is 2.94. The van der Waals surface area contributed by atoms with Gasteiger partial charge in [-0.2, -0.15) is 0 Å². The van der Waals surface area contributed by atoms with Gasteiger partial charge in [0.05, 0.1) is 19.8 Å². The summed E-state index contributed by atoms with van der Waals surface area (Å²) in [7, 11) is 1.69. The molecule has 0 spiro atoms. The maximum absolute atomic E-state index is 5.85. The average Bonchev–Trinajstić information content (AvgIpc) is 2.41. The van der Waals surface area contributed by atoms with Gasteiger partial charge in [0.15, 0.2) is 0 Å². The van der Waals surface area contributed by atoms with Crippen LogP contribution in [0.25, 0.3) is 0 Å². The smallest absolute Gasteiger partial charge is 0.118 e. The Kier molecular flexibility index (Phi) is 4.83. The molecule has 1 atom stereocenters. The summed E-state index contributed by atoms with van der Waals surface area (Å²) < 4.78 is 11.0. The first-order chi connectivity index (χ1) is 8.38. The van der Waals surface area contributed by atoms with Gasteiger partial charge in [0.2, 0.25) is 0 Å². The van der Waals surface area contributed by atoms with Gasteiger partial charge in [-0.25, -0.2) is 0 Å². The monoisotopic (exact) mass is 235 g/mol. The van der Waals surface area contributed by atoms with E-state index >= 15 is 0 Å². The lowest BCUT2D eigenvalue weighted by Crippen LogP contribution is -2.35. The highest BCUT2D eigenvalue weighted by atomic mass is 16.5. The molecule has 0 aromatic heterocycles. The number of hydrogen-bond donors (Lipinski definition) is 1. The summed E-state index contributed by atoms with van der Waals surface area (Å²) >= 11 is 0. The first-order valence-corrected chi connectivity index (χ1v) is 6.34. The first-order valence-electron chi connectivity index (χ1n) is 6.34. The van der Waals surface area contributed by atoms with E-state index in [2.05, 4.69) is 17.4 Å². The second-order valence-electron chi connectivity index (χ2n) is 4.44. The lowest BCUT2D eigenvalue weighted by atomic mass is 10.1. The van der Waals surface area contributed by atoms with Crippen LogP contribution in [-0.4, -0.2) is 32.9 Å². The third-order valence-corrected chi connectivity index (χ3v) is 3.16. The number of hydrogen-bond acceptors (Lipinski definition) is 3. The molecule has 0 amide bonds. The number of methoxy groups -OCH3 is 1. The second-order valence-corrected chi connectivity index (χ2v) is 4.44. The van der Waals surface area contributed by atoms with E-state index in [0.717, 1.165) is 31.9 Å². The SMILES string of the molecule is COc1ccc(CCOC2CCCNC2)cc1. The van der Waals surface area contributed by atoms with Crippen LogP contribution in [0.5, 0.6) is 5.75 Å². The summed E-state index contributed by atoms with van der Waals surface area (Å²) in [6.07, 6.45) is 3.80. The number of benzene rings is 1. The van der Waals surface area contributed by atoms with E-state index in [4.69, 9.17) is 9.47 Å². The van der Waals surface area contributed by atoms with Gasteiger partial charge in [-0.1, -0.05) is 12.1 Å². The van der Waals surface area contributed by atoms with Crippen molar-refractivity contribution in [2.24, 2.45) is 0 Å². The number of ether oxygens (including phenoxy) is 2. The summed E-state index contributed by atoms with van der Waals surface area (Å²) in [5.74, 6) is 0.908. The van der Waals surface area contributed by atoms with Gasteiger partial charge >= 0.3 is 0 Å². The lowest BCUT2D eigenvalue weighted by molar-refractivity contribution is 0.0390. The quantitative estimate of drug-likeness (QED) is 0.847. The van der Waals surface area contributed by atoms with Crippen molar-refractivity contribution in [1.82, 2.24) is 5.32 Å². The molecule has 1 aromatic rings. The van der Waals surface area contributed by atoms with E-state index in [9.17, 15) is 0 Å². The molecular weight excluding hydrogens is 214 g/mol. The molecule has 1 N–H and O–H groups in total. The normalized spacial score (nSPS) is 20.2. The molecule has 94 valence electrons. The van der Waals surface area contributed by atoms with E-state index in [0.29, 0.717) is 6.10 Å². The van der Waals surface area contributed by atoms with Crippen molar-refractivity contribution in [3.05, 3.63) is 29.8 Å². The van der Waals surface area contributed by atoms with E-state index in [-0.39, 0.29) is 0 Å². The van der Waals surface area contributed by atoms with Crippen LogP contribution in [0.15, 0.2) is 24.3 Å². The van der Waals surface area contributed by atoms with Gasteiger partial charge in [-0.15, -0.1) is 0 Å². The van der Waals surface area contributed by atoms with Gasteiger partial charge in [-0.3, -0.25) is 0 Å². The predicted molar refractivity (Wildman–Crippen MR) is 68.5 cm³/mol. The van der Waals surface area contributed by atoms with Crippen LogP contribution in [-0.2, 0) is 11.2 Å². The summed E-state index contributed by atoms with van der Waals surface area (Å²) in [6, 6.07) is 8.19. The molecule has 1 unspecified atom stereocenters.